The van der Waals surface area contributed by atoms with Crippen LogP contribution in [0.15, 0.2) is 18.7 Å². The maximum atomic E-state index is 12.1. The summed E-state index contributed by atoms with van der Waals surface area (Å²) < 4.78 is 8.42. The Hall–Kier alpha value is -0.630. The van der Waals surface area contributed by atoms with E-state index in [1.807, 2.05) is 31.7 Å². The van der Waals surface area contributed by atoms with Crippen molar-refractivity contribution in [3.05, 3.63) is 18.7 Å². The Balaban J connectivity index is 0.00000256. The number of hydrogen-bond donors (Lipinski definition) is 0. The molecule has 5 nitrogen and oxygen atoms in total. The fourth-order valence-corrected chi connectivity index (χ4v) is 1.48. The molecule has 0 atom stereocenters. The zero-order chi connectivity index (χ0) is 12.1. The second kappa shape index (κ2) is 7.65. The number of imidazole rings is 1. The third-order valence-electron chi connectivity index (χ3n) is 2.40. The van der Waals surface area contributed by atoms with Gasteiger partial charge in [-0.15, -0.1) is 0 Å². The third kappa shape index (κ3) is 4.63. The number of halogens is 1. The highest BCUT2D eigenvalue weighted by Crippen LogP contribution is 2.02. The molecule has 0 saturated carbocycles. The fraction of sp³-hybridized carbons (Fsp3) is 0.636. The van der Waals surface area contributed by atoms with Gasteiger partial charge < -0.3 is 28.7 Å². The first-order valence-electron chi connectivity index (χ1n) is 5.39. The summed E-state index contributed by atoms with van der Waals surface area (Å²) in [5.41, 5.74) is 0. The van der Waals surface area contributed by atoms with Gasteiger partial charge in [-0.1, -0.05) is 0 Å². The molecule has 0 spiro atoms. The summed E-state index contributed by atoms with van der Waals surface area (Å²) in [5, 5.41) is 0. The lowest BCUT2D eigenvalue weighted by Crippen LogP contribution is -3.00. The zero-order valence-corrected chi connectivity index (χ0v) is 12.9. The summed E-state index contributed by atoms with van der Waals surface area (Å²) in [6.07, 6.45) is 5.35. The van der Waals surface area contributed by atoms with Crippen molar-refractivity contribution in [2.24, 2.45) is 7.05 Å². The Morgan fingerprint density at radius 1 is 1.53 bits per heavy atom. The van der Waals surface area contributed by atoms with Crippen LogP contribution in [0.2, 0.25) is 0 Å². The summed E-state index contributed by atoms with van der Waals surface area (Å²) in [6.45, 7) is 5.15. The molecule has 98 valence electrons. The first-order valence-corrected chi connectivity index (χ1v) is 5.39. The number of amides is 1. The van der Waals surface area contributed by atoms with E-state index in [-0.39, 0.29) is 36.0 Å². The minimum absolute atomic E-state index is 0. The number of carbonyl (C=O) groups excluding carboxylic acids is 1. The van der Waals surface area contributed by atoms with E-state index >= 15 is 0 Å². The summed E-state index contributed by atoms with van der Waals surface area (Å²) in [5.74, 6) is 0. The molecule has 0 aromatic carbocycles. The van der Waals surface area contributed by atoms with E-state index in [4.69, 9.17) is 4.74 Å². The van der Waals surface area contributed by atoms with Crippen LogP contribution in [0.5, 0.6) is 0 Å². The molecule has 1 aromatic heterocycles. The predicted octanol–water partition coefficient (Wildman–Crippen LogP) is -2.36. The molecule has 0 aliphatic heterocycles. The number of ether oxygens (including phenoxy) is 1. The maximum Gasteiger partial charge on any atom is 0.416 e. The number of carbonyl (C=O) groups is 1. The Morgan fingerprint density at radius 2 is 2.18 bits per heavy atom. The van der Waals surface area contributed by atoms with E-state index in [1.54, 1.807) is 29.1 Å². The van der Waals surface area contributed by atoms with Crippen LogP contribution in [0.4, 0.5) is 4.79 Å². The van der Waals surface area contributed by atoms with Crippen molar-refractivity contribution in [1.29, 1.82) is 0 Å². The number of methoxy groups -OCH3 is 1. The van der Waals surface area contributed by atoms with Crippen molar-refractivity contribution in [3.8, 4) is 0 Å². The smallest absolute Gasteiger partial charge is 0.416 e. The molecule has 0 aliphatic carbocycles. The van der Waals surface area contributed by atoms with Crippen molar-refractivity contribution in [1.82, 2.24) is 9.47 Å². The molecule has 0 aliphatic rings. The van der Waals surface area contributed by atoms with Crippen LogP contribution in [0.3, 0.4) is 0 Å². The average Bonchev–Trinajstić information content (AvgIpc) is 2.64. The molecule has 1 amide bonds. The predicted molar refractivity (Wildman–Crippen MR) is 60.1 cm³/mol. The van der Waals surface area contributed by atoms with Crippen molar-refractivity contribution in [3.63, 3.8) is 0 Å². The van der Waals surface area contributed by atoms with Crippen LogP contribution in [0.25, 0.3) is 0 Å². The van der Waals surface area contributed by atoms with E-state index in [0.717, 1.165) is 0 Å². The second-order valence-corrected chi connectivity index (χ2v) is 4.05. The van der Waals surface area contributed by atoms with Crippen LogP contribution < -0.4 is 28.5 Å². The third-order valence-corrected chi connectivity index (χ3v) is 2.40. The molecule has 0 radical (unpaired) electrons. The molecular weight excluding hydrogens is 333 g/mol. The summed E-state index contributed by atoms with van der Waals surface area (Å²) >= 11 is 0. The Kier molecular flexibility index (Phi) is 7.37. The van der Waals surface area contributed by atoms with E-state index in [1.165, 1.54) is 0 Å². The lowest BCUT2D eigenvalue weighted by Gasteiger charge is -2.23. The molecule has 1 rings (SSSR count). The van der Waals surface area contributed by atoms with Crippen LogP contribution in [0, 0.1) is 0 Å². The molecule has 1 aromatic rings. The van der Waals surface area contributed by atoms with E-state index < -0.39 is 0 Å². The van der Waals surface area contributed by atoms with Gasteiger partial charge in [0.2, 0.25) is 0 Å². The first kappa shape index (κ1) is 16.4. The molecular formula is C11H20IN3O2. The van der Waals surface area contributed by atoms with Gasteiger partial charge in [-0.25, -0.2) is 9.36 Å². The molecule has 0 fully saturated rings. The minimum atomic E-state index is -0.0207. The van der Waals surface area contributed by atoms with Gasteiger partial charge in [0.25, 0.3) is 6.33 Å². The highest BCUT2D eigenvalue weighted by atomic mass is 127. The van der Waals surface area contributed by atoms with Crippen molar-refractivity contribution in [2.45, 2.75) is 19.9 Å². The van der Waals surface area contributed by atoms with Gasteiger partial charge in [0.1, 0.15) is 12.4 Å². The first-order chi connectivity index (χ1) is 7.56. The van der Waals surface area contributed by atoms with Crippen molar-refractivity contribution >= 4 is 6.03 Å². The highest BCUT2D eigenvalue weighted by molar-refractivity contribution is 5.76. The zero-order valence-electron chi connectivity index (χ0n) is 10.8. The quantitative estimate of drug-likeness (QED) is 0.449. The standard InChI is InChI=1S/C11H20N3O2.HI/c1-10(2)14(7-8-16-4)11(15)13-6-5-12(3)9-13;/h5-6,9-10H,7-8H2,1-4H3;1H/q+1;/p-1. The topological polar surface area (TPSA) is 38.4 Å². The second-order valence-electron chi connectivity index (χ2n) is 4.05. The van der Waals surface area contributed by atoms with Gasteiger partial charge in [0, 0.05) is 19.7 Å². The van der Waals surface area contributed by atoms with Crippen molar-refractivity contribution < 1.29 is 38.1 Å². The van der Waals surface area contributed by atoms with Gasteiger partial charge in [-0.2, -0.15) is 4.57 Å². The number of nitrogens with zero attached hydrogens (tertiary/aromatic N) is 3. The van der Waals surface area contributed by atoms with Gasteiger partial charge in [0.05, 0.1) is 13.7 Å². The molecule has 1 heterocycles. The Morgan fingerprint density at radius 3 is 2.59 bits per heavy atom. The monoisotopic (exact) mass is 353 g/mol. The van der Waals surface area contributed by atoms with Crippen molar-refractivity contribution in [2.75, 3.05) is 20.3 Å². The van der Waals surface area contributed by atoms with E-state index in [9.17, 15) is 4.79 Å². The Bertz CT molecular complexity index is 352. The number of aryl methyl sites for hydroxylation is 1. The Labute approximate surface area is 119 Å². The molecule has 17 heavy (non-hydrogen) atoms. The molecule has 0 unspecified atom stereocenters. The van der Waals surface area contributed by atoms with E-state index in [0.29, 0.717) is 13.2 Å². The summed E-state index contributed by atoms with van der Waals surface area (Å²) in [7, 11) is 3.53. The summed E-state index contributed by atoms with van der Waals surface area (Å²) in [6, 6.07) is 0.142. The number of rotatable bonds is 4. The van der Waals surface area contributed by atoms with Gasteiger partial charge in [0.15, 0.2) is 0 Å². The molecule has 6 heteroatoms. The van der Waals surface area contributed by atoms with Gasteiger partial charge in [-0.3, -0.25) is 4.90 Å². The minimum Gasteiger partial charge on any atom is -1.00 e. The lowest BCUT2D eigenvalue weighted by atomic mass is 10.3. The van der Waals surface area contributed by atoms with Gasteiger partial charge >= 0.3 is 6.03 Å². The largest absolute Gasteiger partial charge is 1.00 e. The molecule has 0 N–H and O–H groups in total. The molecule has 0 saturated heterocycles. The SMILES string of the molecule is COCCN(C(=O)n1cc[n+](C)c1)C(C)C.[I-]. The van der Waals surface area contributed by atoms with Gasteiger partial charge in [-0.05, 0) is 13.8 Å². The van der Waals surface area contributed by atoms with Crippen LogP contribution in [-0.4, -0.2) is 41.8 Å². The maximum absolute atomic E-state index is 12.1. The van der Waals surface area contributed by atoms with Crippen LogP contribution in [0.1, 0.15) is 13.8 Å². The normalized spacial score (nSPS) is 10.2. The highest BCUT2D eigenvalue weighted by Gasteiger charge is 2.22. The average molecular weight is 353 g/mol. The van der Waals surface area contributed by atoms with E-state index in [2.05, 4.69) is 0 Å². The fourth-order valence-electron chi connectivity index (χ4n) is 1.48. The summed E-state index contributed by atoms with van der Waals surface area (Å²) in [4.78, 5) is 13.9. The molecule has 0 bridgehead atoms. The van der Waals surface area contributed by atoms with Crippen LogP contribution >= 0.6 is 0 Å². The van der Waals surface area contributed by atoms with Crippen LogP contribution in [-0.2, 0) is 11.8 Å². The number of hydrogen-bond acceptors (Lipinski definition) is 2. The number of aromatic nitrogens is 2. The lowest BCUT2D eigenvalue weighted by molar-refractivity contribution is -0.670.